The third-order valence-corrected chi connectivity index (χ3v) is 4.82. The van der Waals surface area contributed by atoms with Crippen LogP contribution < -0.4 is 5.56 Å². The van der Waals surface area contributed by atoms with Crippen molar-refractivity contribution in [3.63, 3.8) is 0 Å². The zero-order valence-corrected chi connectivity index (χ0v) is 14.3. The highest BCUT2D eigenvalue weighted by Crippen LogP contribution is 2.29. The Morgan fingerprint density at radius 3 is 2.59 bits per heavy atom. The van der Waals surface area contributed by atoms with Gasteiger partial charge in [0, 0.05) is 21.2 Å². The van der Waals surface area contributed by atoms with Crippen molar-refractivity contribution in [2.45, 2.75) is 11.3 Å². The first kappa shape index (κ1) is 15.2. The third-order valence-electron chi connectivity index (χ3n) is 3.58. The van der Waals surface area contributed by atoms with E-state index in [0.717, 1.165) is 10.0 Å². The predicted octanol–water partition coefficient (Wildman–Crippen LogP) is 4.31. The lowest BCUT2D eigenvalue weighted by atomic mass is 10.0. The van der Waals surface area contributed by atoms with Crippen molar-refractivity contribution in [1.29, 1.82) is 0 Å². The first-order valence-electron chi connectivity index (χ1n) is 6.75. The van der Waals surface area contributed by atoms with Crippen molar-refractivity contribution in [2.24, 2.45) is 0 Å². The maximum absolute atomic E-state index is 12.2. The number of hydrogen-bond donors (Lipinski definition) is 2. The number of aromatic amines is 1. The van der Waals surface area contributed by atoms with E-state index >= 15 is 0 Å². The first-order chi connectivity index (χ1) is 10.6. The molecule has 2 aromatic carbocycles. The monoisotopic (exact) mass is 375 g/mol. The number of nitrogens with one attached hydrogen (secondary N) is 1. The van der Waals surface area contributed by atoms with Gasteiger partial charge in [-0.05, 0) is 42.2 Å². The molecule has 3 aromatic rings. The van der Waals surface area contributed by atoms with Gasteiger partial charge in [0.1, 0.15) is 5.75 Å². The van der Waals surface area contributed by atoms with Gasteiger partial charge in [0.25, 0.3) is 5.56 Å². The second-order valence-electron chi connectivity index (χ2n) is 5.00. The minimum atomic E-state index is -0.249. The standard InChI is InChI=1S/C17H14BrNO2S/c1-22-12-5-2-10(3-6-12)8-14-16(20)13-9-11(18)4-7-15(13)19-17(14)21/h2-7,9H,8H2,1H3,(H2,19,20,21). The Bertz CT molecular complexity index is 888. The fourth-order valence-electron chi connectivity index (χ4n) is 2.40. The molecule has 0 aliphatic carbocycles. The molecule has 5 heteroatoms. The lowest BCUT2D eigenvalue weighted by molar-refractivity contribution is 0.474. The second-order valence-corrected chi connectivity index (χ2v) is 6.79. The van der Waals surface area contributed by atoms with E-state index in [0.29, 0.717) is 22.9 Å². The van der Waals surface area contributed by atoms with Crippen molar-refractivity contribution in [2.75, 3.05) is 6.26 Å². The zero-order chi connectivity index (χ0) is 15.7. The molecule has 0 radical (unpaired) electrons. The molecular weight excluding hydrogens is 362 g/mol. The number of fused-ring (bicyclic) bond motifs is 1. The summed E-state index contributed by atoms with van der Waals surface area (Å²) < 4.78 is 0.859. The second kappa shape index (κ2) is 6.18. The fraction of sp³-hybridized carbons (Fsp3) is 0.118. The van der Waals surface area contributed by atoms with E-state index in [4.69, 9.17) is 0 Å². The molecule has 0 saturated carbocycles. The Morgan fingerprint density at radius 2 is 1.91 bits per heavy atom. The maximum atomic E-state index is 12.2. The van der Waals surface area contributed by atoms with Crippen molar-refractivity contribution >= 4 is 38.6 Å². The SMILES string of the molecule is CSc1ccc(Cc2c(O)c3cc(Br)ccc3[nH]c2=O)cc1. The van der Waals surface area contributed by atoms with E-state index in [9.17, 15) is 9.90 Å². The molecule has 3 nitrogen and oxygen atoms in total. The summed E-state index contributed by atoms with van der Waals surface area (Å²) in [6.45, 7) is 0. The molecule has 0 saturated heterocycles. The number of aromatic hydroxyl groups is 1. The highest BCUT2D eigenvalue weighted by atomic mass is 79.9. The number of thioether (sulfide) groups is 1. The van der Waals surface area contributed by atoms with Gasteiger partial charge in [-0.3, -0.25) is 4.79 Å². The molecule has 0 bridgehead atoms. The molecule has 1 aromatic heterocycles. The molecule has 0 aliphatic rings. The number of pyridine rings is 1. The van der Waals surface area contributed by atoms with Crippen LogP contribution in [-0.2, 0) is 6.42 Å². The molecule has 112 valence electrons. The van der Waals surface area contributed by atoms with Crippen LogP contribution in [0.3, 0.4) is 0 Å². The average Bonchev–Trinajstić information content (AvgIpc) is 2.53. The fourth-order valence-corrected chi connectivity index (χ4v) is 3.17. The van der Waals surface area contributed by atoms with Gasteiger partial charge in [0.2, 0.25) is 0 Å². The van der Waals surface area contributed by atoms with E-state index < -0.39 is 0 Å². The van der Waals surface area contributed by atoms with Gasteiger partial charge in [-0.15, -0.1) is 11.8 Å². The van der Waals surface area contributed by atoms with E-state index in [1.807, 2.05) is 36.6 Å². The van der Waals surface area contributed by atoms with Gasteiger partial charge in [0.05, 0.1) is 11.1 Å². The lowest BCUT2D eigenvalue weighted by Crippen LogP contribution is -2.13. The molecule has 0 aliphatic heterocycles. The molecule has 0 fully saturated rings. The number of benzene rings is 2. The summed E-state index contributed by atoms with van der Waals surface area (Å²) in [6, 6.07) is 13.4. The molecule has 0 unspecified atom stereocenters. The van der Waals surface area contributed by atoms with Crippen molar-refractivity contribution in [1.82, 2.24) is 4.98 Å². The van der Waals surface area contributed by atoms with Gasteiger partial charge in [0.15, 0.2) is 0 Å². The molecule has 0 amide bonds. The highest BCUT2D eigenvalue weighted by molar-refractivity contribution is 9.10. The van der Waals surface area contributed by atoms with Gasteiger partial charge in [-0.1, -0.05) is 28.1 Å². The minimum absolute atomic E-state index is 0.0500. The van der Waals surface area contributed by atoms with Gasteiger partial charge in [-0.2, -0.15) is 0 Å². The first-order valence-corrected chi connectivity index (χ1v) is 8.76. The quantitative estimate of drug-likeness (QED) is 0.670. The Labute approximate surface area is 140 Å². The Morgan fingerprint density at radius 1 is 1.18 bits per heavy atom. The summed E-state index contributed by atoms with van der Waals surface area (Å²) in [5.74, 6) is 0.0500. The van der Waals surface area contributed by atoms with Crippen LogP contribution in [0.2, 0.25) is 0 Å². The smallest absolute Gasteiger partial charge is 0.255 e. The normalized spacial score (nSPS) is 11.0. The van der Waals surface area contributed by atoms with E-state index in [-0.39, 0.29) is 11.3 Å². The maximum Gasteiger partial charge on any atom is 0.255 e. The van der Waals surface area contributed by atoms with Crippen LogP contribution in [0.4, 0.5) is 0 Å². The molecule has 0 atom stereocenters. The highest BCUT2D eigenvalue weighted by Gasteiger charge is 2.12. The van der Waals surface area contributed by atoms with Gasteiger partial charge < -0.3 is 10.1 Å². The molecular formula is C17H14BrNO2S. The topological polar surface area (TPSA) is 53.1 Å². The summed E-state index contributed by atoms with van der Waals surface area (Å²) in [5.41, 5.74) is 1.77. The van der Waals surface area contributed by atoms with E-state index in [1.165, 1.54) is 4.90 Å². The van der Waals surface area contributed by atoms with Crippen LogP contribution in [0.5, 0.6) is 5.75 Å². The van der Waals surface area contributed by atoms with Crippen molar-refractivity contribution < 1.29 is 5.11 Å². The molecule has 22 heavy (non-hydrogen) atoms. The summed E-state index contributed by atoms with van der Waals surface area (Å²) in [6.07, 6.45) is 2.42. The predicted molar refractivity (Wildman–Crippen MR) is 95.0 cm³/mol. The zero-order valence-electron chi connectivity index (χ0n) is 11.9. The van der Waals surface area contributed by atoms with Crippen LogP contribution in [0.25, 0.3) is 10.9 Å². The number of aromatic nitrogens is 1. The van der Waals surface area contributed by atoms with Crippen LogP contribution in [-0.4, -0.2) is 16.3 Å². The summed E-state index contributed by atoms with van der Waals surface area (Å²) in [7, 11) is 0. The summed E-state index contributed by atoms with van der Waals surface area (Å²) >= 11 is 5.06. The number of H-pyrrole nitrogens is 1. The largest absolute Gasteiger partial charge is 0.507 e. The Kier molecular flexibility index (Phi) is 4.27. The third kappa shape index (κ3) is 2.91. The Balaban J connectivity index is 2.07. The number of hydrogen-bond acceptors (Lipinski definition) is 3. The van der Waals surface area contributed by atoms with Gasteiger partial charge >= 0.3 is 0 Å². The molecule has 0 spiro atoms. The molecule has 2 N–H and O–H groups in total. The van der Waals surface area contributed by atoms with Crippen LogP contribution in [0.15, 0.2) is 56.6 Å². The molecule has 1 heterocycles. The number of halogens is 1. The molecule has 3 rings (SSSR count). The average molecular weight is 376 g/mol. The minimum Gasteiger partial charge on any atom is -0.507 e. The van der Waals surface area contributed by atoms with Crippen molar-refractivity contribution in [3.05, 3.63) is 68.4 Å². The van der Waals surface area contributed by atoms with E-state index in [2.05, 4.69) is 20.9 Å². The summed E-state index contributed by atoms with van der Waals surface area (Å²) in [4.78, 5) is 16.2. The summed E-state index contributed by atoms with van der Waals surface area (Å²) in [5, 5.41) is 11.1. The van der Waals surface area contributed by atoms with E-state index in [1.54, 1.807) is 23.9 Å². The van der Waals surface area contributed by atoms with Crippen LogP contribution >= 0.6 is 27.7 Å². The van der Waals surface area contributed by atoms with Gasteiger partial charge in [-0.25, -0.2) is 0 Å². The van der Waals surface area contributed by atoms with Crippen LogP contribution in [0.1, 0.15) is 11.1 Å². The Hall–Kier alpha value is -1.72. The lowest BCUT2D eigenvalue weighted by Gasteiger charge is -2.08. The van der Waals surface area contributed by atoms with Crippen LogP contribution in [0, 0.1) is 0 Å². The number of rotatable bonds is 3. The van der Waals surface area contributed by atoms with Crippen molar-refractivity contribution in [3.8, 4) is 5.75 Å².